The van der Waals surface area contributed by atoms with E-state index in [0.29, 0.717) is 5.56 Å². The number of carbonyl (C=O) groups excluding carboxylic acids is 1. The number of rotatable bonds is 3. The molecule has 0 saturated carbocycles. The number of carbonyl (C=O) groups is 1. The van der Waals surface area contributed by atoms with Crippen molar-refractivity contribution < 1.29 is 9.53 Å². The fourth-order valence-corrected chi connectivity index (χ4v) is 4.53. The predicted octanol–water partition coefficient (Wildman–Crippen LogP) is 3.94. The molecular formula is C24H28N4O2. The predicted molar refractivity (Wildman–Crippen MR) is 119 cm³/mol. The highest BCUT2D eigenvalue weighted by Crippen LogP contribution is 2.44. The van der Waals surface area contributed by atoms with Gasteiger partial charge in [-0.15, -0.1) is 0 Å². The van der Waals surface area contributed by atoms with Crippen LogP contribution in [0.1, 0.15) is 37.9 Å². The summed E-state index contributed by atoms with van der Waals surface area (Å²) in [5, 5.41) is 12.7. The van der Waals surface area contributed by atoms with Gasteiger partial charge in [0.15, 0.2) is 0 Å². The Labute approximate surface area is 178 Å². The summed E-state index contributed by atoms with van der Waals surface area (Å²) in [6, 6.07) is 16.2. The van der Waals surface area contributed by atoms with Gasteiger partial charge in [-0.25, -0.2) is 0 Å². The van der Waals surface area contributed by atoms with E-state index in [2.05, 4.69) is 48.3 Å². The minimum Gasteiger partial charge on any atom is -0.378 e. The second-order valence-electron chi connectivity index (χ2n) is 8.14. The topological polar surface area (TPSA) is 68.6 Å². The molecule has 2 aliphatic rings. The minimum absolute atomic E-state index is 0.0551. The lowest BCUT2D eigenvalue weighted by Crippen LogP contribution is -2.48. The highest BCUT2D eigenvalue weighted by atomic mass is 16.5. The zero-order valence-corrected chi connectivity index (χ0v) is 17.8. The van der Waals surface area contributed by atoms with E-state index < -0.39 is 0 Å². The number of benzene rings is 2. The van der Waals surface area contributed by atoms with Crippen LogP contribution in [0.25, 0.3) is 0 Å². The maximum absolute atomic E-state index is 12.5. The number of nitrogens with one attached hydrogen (secondary N) is 1. The number of nitriles is 1. The summed E-state index contributed by atoms with van der Waals surface area (Å²) < 4.78 is 5.50. The smallest absolute Gasteiger partial charge is 0.224 e. The standard InChI is InChI=1S/C24H28N4O2/c1-16-17(2)28(18(3)29)23-9-8-21(27-10-12-30-13-11-27)14-22(23)24(16)26-20-6-4-19(15-25)5-7-20/h4-9,14,16-17,24,26H,10-13H2,1-3H3/t16-,17-,24+/m0/s1. The molecular weight excluding hydrogens is 376 g/mol. The van der Waals surface area contributed by atoms with Gasteiger partial charge in [-0.2, -0.15) is 5.26 Å². The van der Waals surface area contributed by atoms with Crippen LogP contribution in [0, 0.1) is 17.2 Å². The molecule has 1 fully saturated rings. The number of morpholine rings is 1. The van der Waals surface area contributed by atoms with E-state index >= 15 is 0 Å². The first-order valence-electron chi connectivity index (χ1n) is 10.5. The SMILES string of the molecule is CC(=O)N1c2ccc(N3CCOCC3)cc2[C@H](Nc2ccc(C#N)cc2)[C@@H](C)[C@@H]1C. The molecule has 2 aromatic rings. The van der Waals surface area contributed by atoms with E-state index in [4.69, 9.17) is 10.00 Å². The van der Waals surface area contributed by atoms with Gasteiger partial charge in [-0.05, 0) is 49.4 Å². The van der Waals surface area contributed by atoms with Crippen LogP contribution in [0.3, 0.4) is 0 Å². The Kier molecular flexibility index (Phi) is 5.65. The van der Waals surface area contributed by atoms with E-state index in [-0.39, 0.29) is 23.9 Å². The van der Waals surface area contributed by atoms with Crippen molar-refractivity contribution in [3.8, 4) is 6.07 Å². The molecule has 0 unspecified atom stereocenters. The van der Waals surface area contributed by atoms with Gasteiger partial charge in [-0.1, -0.05) is 6.92 Å². The average molecular weight is 405 g/mol. The number of hydrogen-bond acceptors (Lipinski definition) is 5. The number of hydrogen-bond donors (Lipinski definition) is 1. The largest absolute Gasteiger partial charge is 0.378 e. The van der Waals surface area contributed by atoms with Gasteiger partial charge in [0, 0.05) is 54.6 Å². The number of amides is 1. The maximum atomic E-state index is 12.5. The van der Waals surface area contributed by atoms with E-state index in [1.807, 2.05) is 29.2 Å². The van der Waals surface area contributed by atoms with Crippen LogP contribution in [0.2, 0.25) is 0 Å². The van der Waals surface area contributed by atoms with Gasteiger partial charge in [0.05, 0.1) is 30.9 Å². The van der Waals surface area contributed by atoms with Gasteiger partial charge < -0.3 is 19.9 Å². The van der Waals surface area contributed by atoms with Crippen molar-refractivity contribution >= 4 is 23.0 Å². The molecule has 0 spiro atoms. The van der Waals surface area contributed by atoms with Crippen LogP contribution in [0.5, 0.6) is 0 Å². The van der Waals surface area contributed by atoms with E-state index in [1.54, 1.807) is 6.92 Å². The van der Waals surface area contributed by atoms with Crippen molar-refractivity contribution in [1.29, 1.82) is 5.26 Å². The second kappa shape index (κ2) is 8.37. The van der Waals surface area contributed by atoms with Crippen molar-refractivity contribution in [3.05, 3.63) is 53.6 Å². The van der Waals surface area contributed by atoms with Crippen LogP contribution >= 0.6 is 0 Å². The molecule has 1 amide bonds. The fourth-order valence-electron chi connectivity index (χ4n) is 4.53. The van der Waals surface area contributed by atoms with Crippen molar-refractivity contribution in [2.75, 3.05) is 41.4 Å². The van der Waals surface area contributed by atoms with E-state index in [1.165, 1.54) is 0 Å². The molecule has 6 nitrogen and oxygen atoms in total. The molecule has 6 heteroatoms. The highest BCUT2D eigenvalue weighted by Gasteiger charge is 2.38. The maximum Gasteiger partial charge on any atom is 0.224 e. The molecule has 4 rings (SSSR count). The van der Waals surface area contributed by atoms with Crippen LogP contribution in [-0.4, -0.2) is 38.3 Å². The molecule has 30 heavy (non-hydrogen) atoms. The van der Waals surface area contributed by atoms with Gasteiger partial charge in [0.1, 0.15) is 0 Å². The van der Waals surface area contributed by atoms with E-state index in [0.717, 1.165) is 48.9 Å². The number of nitrogens with zero attached hydrogens (tertiary/aromatic N) is 3. The van der Waals surface area contributed by atoms with Gasteiger partial charge in [-0.3, -0.25) is 4.79 Å². The second-order valence-corrected chi connectivity index (χ2v) is 8.14. The zero-order chi connectivity index (χ0) is 21.3. The zero-order valence-electron chi connectivity index (χ0n) is 17.8. The minimum atomic E-state index is 0.0551. The molecule has 3 atom stereocenters. The first-order chi connectivity index (χ1) is 14.5. The molecule has 1 saturated heterocycles. The summed E-state index contributed by atoms with van der Waals surface area (Å²) in [5.74, 6) is 0.267. The van der Waals surface area contributed by atoms with Crippen molar-refractivity contribution in [1.82, 2.24) is 0 Å². The van der Waals surface area contributed by atoms with Gasteiger partial charge in [0.25, 0.3) is 0 Å². The molecule has 0 aromatic heterocycles. The summed E-state index contributed by atoms with van der Waals surface area (Å²) in [5.41, 5.74) is 4.87. The van der Waals surface area contributed by atoms with Crippen LogP contribution in [0.4, 0.5) is 17.1 Å². The number of anilines is 3. The molecule has 0 radical (unpaired) electrons. The average Bonchev–Trinajstić information content (AvgIpc) is 2.77. The lowest BCUT2D eigenvalue weighted by atomic mass is 9.82. The lowest BCUT2D eigenvalue weighted by molar-refractivity contribution is -0.117. The Morgan fingerprint density at radius 2 is 1.83 bits per heavy atom. The molecule has 0 bridgehead atoms. The first kappa shape index (κ1) is 20.2. The summed E-state index contributed by atoms with van der Waals surface area (Å²) in [6.45, 7) is 9.14. The Morgan fingerprint density at radius 3 is 2.47 bits per heavy atom. The fraction of sp³-hybridized carbons (Fsp3) is 0.417. The highest BCUT2D eigenvalue weighted by molar-refractivity contribution is 5.94. The molecule has 1 N–H and O–H groups in total. The van der Waals surface area contributed by atoms with Crippen molar-refractivity contribution in [2.24, 2.45) is 5.92 Å². The van der Waals surface area contributed by atoms with Crippen molar-refractivity contribution in [3.63, 3.8) is 0 Å². The molecule has 2 aromatic carbocycles. The monoisotopic (exact) mass is 404 g/mol. The van der Waals surface area contributed by atoms with E-state index in [9.17, 15) is 4.79 Å². The third-order valence-electron chi connectivity index (χ3n) is 6.35. The Balaban J connectivity index is 1.74. The summed E-state index contributed by atoms with van der Waals surface area (Å²) >= 11 is 0. The van der Waals surface area contributed by atoms with Gasteiger partial charge in [0.2, 0.25) is 5.91 Å². The molecule has 0 aliphatic carbocycles. The van der Waals surface area contributed by atoms with Crippen LogP contribution in [0.15, 0.2) is 42.5 Å². The Bertz CT molecular complexity index is 960. The molecule has 2 aliphatic heterocycles. The number of ether oxygens (including phenoxy) is 1. The lowest BCUT2D eigenvalue weighted by Gasteiger charge is -2.44. The summed E-state index contributed by atoms with van der Waals surface area (Å²) in [6.07, 6.45) is 0. The Morgan fingerprint density at radius 1 is 1.13 bits per heavy atom. The third kappa shape index (κ3) is 3.73. The molecule has 156 valence electrons. The molecule has 2 heterocycles. The van der Waals surface area contributed by atoms with Gasteiger partial charge >= 0.3 is 0 Å². The quantitative estimate of drug-likeness (QED) is 0.839. The Hall–Kier alpha value is -3.04. The van der Waals surface area contributed by atoms with Crippen LogP contribution in [-0.2, 0) is 9.53 Å². The summed E-state index contributed by atoms with van der Waals surface area (Å²) in [7, 11) is 0. The third-order valence-corrected chi connectivity index (χ3v) is 6.35. The first-order valence-corrected chi connectivity index (χ1v) is 10.5. The number of fused-ring (bicyclic) bond motifs is 1. The normalized spacial score (nSPS) is 23.5. The summed E-state index contributed by atoms with van der Waals surface area (Å²) in [4.78, 5) is 16.7. The van der Waals surface area contributed by atoms with Crippen LogP contribution < -0.4 is 15.1 Å². The van der Waals surface area contributed by atoms with Crippen molar-refractivity contribution in [2.45, 2.75) is 32.9 Å².